The number of amides is 1. The Kier molecular flexibility index (Phi) is 5.33. The van der Waals surface area contributed by atoms with Gasteiger partial charge in [0, 0.05) is 12.6 Å². The van der Waals surface area contributed by atoms with E-state index in [1.54, 1.807) is 13.3 Å². The highest BCUT2D eigenvalue weighted by Crippen LogP contribution is 2.26. The van der Waals surface area contributed by atoms with E-state index in [0.717, 1.165) is 21.3 Å². The molecule has 2 aromatic rings. The number of methoxy groups -OCH3 is 1. The van der Waals surface area contributed by atoms with Crippen LogP contribution in [0.1, 0.15) is 17.5 Å². The molecule has 0 aliphatic heterocycles. The van der Waals surface area contributed by atoms with Crippen LogP contribution in [-0.4, -0.2) is 18.0 Å². The monoisotopic (exact) mass is 348 g/mol. The maximum atomic E-state index is 11.9. The van der Waals surface area contributed by atoms with Gasteiger partial charge in [-0.3, -0.25) is 4.79 Å². The molecule has 1 N–H and O–H groups in total. The molecule has 0 atom stereocenters. The molecule has 0 saturated carbocycles. The second-order valence-electron chi connectivity index (χ2n) is 4.74. The number of aromatic nitrogens is 1. The van der Waals surface area contributed by atoms with E-state index in [0.29, 0.717) is 18.7 Å². The summed E-state index contributed by atoms with van der Waals surface area (Å²) in [6.07, 6.45) is 2.76. The highest BCUT2D eigenvalue weighted by molar-refractivity contribution is 9.10. The van der Waals surface area contributed by atoms with Crippen molar-refractivity contribution in [3.63, 3.8) is 0 Å². The highest BCUT2D eigenvalue weighted by atomic mass is 79.9. The van der Waals surface area contributed by atoms with Gasteiger partial charge in [0.1, 0.15) is 11.6 Å². The Bertz CT molecular complexity index is 644. The van der Waals surface area contributed by atoms with Crippen LogP contribution in [0.4, 0.5) is 5.82 Å². The first kappa shape index (κ1) is 15.5. The molecule has 0 saturated heterocycles. The number of nitrogens with zero attached hydrogens (tertiary/aromatic N) is 1. The van der Waals surface area contributed by atoms with Crippen LogP contribution < -0.4 is 10.1 Å². The smallest absolute Gasteiger partial charge is 0.225 e. The number of benzene rings is 1. The first-order valence-corrected chi connectivity index (χ1v) is 7.42. The van der Waals surface area contributed by atoms with Crippen molar-refractivity contribution >= 4 is 27.7 Å². The minimum absolute atomic E-state index is 0.0416. The summed E-state index contributed by atoms with van der Waals surface area (Å²) in [5.41, 5.74) is 2.15. The number of carbonyl (C=O) groups is 1. The maximum absolute atomic E-state index is 11.9. The molecule has 1 aromatic carbocycles. The quantitative estimate of drug-likeness (QED) is 0.895. The van der Waals surface area contributed by atoms with Gasteiger partial charge >= 0.3 is 0 Å². The molecule has 1 aromatic heterocycles. The largest absolute Gasteiger partial charge is 0.496 e. The summed E-state index contributed by atoms with van der Waals surface area (Å²) in [4.78, 5) is 16.0. The van der Waals surface area contributed by atoms with Crippen molar-refractivity contribution in [1.82, 2.24) is 4.98 Å². The molecule has 0 fully saturated rings. The highest BCUT2D eigenvalue weighted by Gasteiger charge is 2.06. The Labute approximate surface area is 132 Å². The number of hydrogen-bond acceptors (Lipinski definition) is 3. The number of rotatable bonds is 5. The van der Waals surface area contributed by atoms with Crippen molar-refractivity contribution in [2.45, 2.75) is 19.8 Å². The number of aryl methyl sites for hydroxylation is 2. The number of nitrogens with one attached hydrogen (secondary N) is 1. The van der Waals surface area contributed by atoms with Gasteiger partial charge in [0.2, 0.25) is 5.91 Å². The summed E-state index contributed by atoms with van der Waals surface area (Å²) in [5, 5.41) is 2.80. The van der Waals surface area contributed by atoms with Crippen molar-refractivity contribution in [2.75, 3.05) is 12.4 Å². The lowest BCUT2D eigenvalue weighted by Gasteiger charge is -2.07. The molecule has 4 nitrogen and oxygen atoms in total. The lowest BCUT2D eigenvalue weighted by atomic mass is 10.1. The first-order valence-electron chi connectivity index (χ1n) is 6.63. The first-order chi connectivity index (χ1) is 10.1. The minimum Gasteiger partial charge on any atom is -0.496 e. The van der Waals surface area contributed by atoms with Gasteiger partial charge in [0.15, 0.2) is 0 Å². The molecular formula is C16H17BrN2O2. The van der Waals surface area contributed by atoms with Crippen LogP contribution in [0.2, 0.25) is 0 Å². The summed E-state index contributed by atoms with van der Waals surface area (Å²) < 4.78 is 6.07. The van der Waals surface area contributed by atoms with Crippen molar-refractivity contribution in [3.8, 4) is 5.75 Å². The standard InChI is InChI=1S/C16H17BrN2O2/c1-11-7-8-18-15(9-11)19-16(20)6-4-12-3-5-14(21-2)13(17)10-12/h3,5,7-10H,4,6H2,1-2H3,(H,18,19,20). The Morgan fingerprint density at radius 1 is 1.33 bits per heavy atom. The minimum atomic E-state index is -0.0416. The van der Waals surface area contributed by atoms with Gasteiger partial charge in [0.05, 0.1) is 11.6 Å². The van der Waals surface area contributed by atoms with Crippen LogP contribution in [-0.2, 0) is 11.2 Å². The van der Waals surface area contributed by atoms with Crippen molar-refractivity contribution in [3.05, 3.63) is 52.1 Å². The number of halogens is 1. The van der Waals surface area contributed by atoms with Crippen LogP contribution in [0, 0.1) is 6.92 Å². The number of pyridine rings is 1. The molecule has 1 heterocycles. The molecule has 5 heteroatoms. The molecule has 0 radical (unpaired) electrons. The zero-order valence-corrected chi connectivity index (χ0v) is 13.6. The van der Waals surface area contributed by atoms with Crippen LogP contribution in [0.15, 0.2) is 41.0 Å². The third kappa shape index (κ3) is 4.56. The molecule has 21 heavy (non-hydrogen) atoms. The van der Waals surface area contributed by atoms with Gasteiger partial charge in [-0.2, -0.15) is 0 Å². The van der Waals surface area contributed by atoms with E-state index >= 15 is 0 Å². The van der Waals surface area contributed by atoms with Crippen molar-refractivity contribution in [2.24, 2.45) is 0 Å². The van der Waals surface area contributed by atoms with Crippen LogP contribution >= 0.6 is 15.9 Å². The van der Waals surface area contributed by atoms with Crippen LogP contribution in [0.3, 0.4) is 0 Å². The third-order valence-electron chi connectivity index (χ3n) is 3.04. The Hall–Kier alpha value is -1.88. The van der Waals surface area contributed by atoms with E-state index in [4.69, 9.17) is 4.74 Å². The lowest BCUT2D eigenvalue weighted by Crippen LogP contribution is -2.13. The summed E-state index contributed by atoms with van der Waals surface area (Å²) in [7, 11) is 1.63. The van der Waals surface area contributed by atoms with Crippen molar-refractivity contribution < 1.29 is 9.53 Å². The number of ether oxygens (including phenoxy) is 1. The van der Waals surface area contributed by atoms with E-state index in [9.17, 15) is 4.79 Å². The number of hydrogen-bond donors (Lipinski definition) is 1. The zero-order valence-electron chi connectivity index (χ0n) is 12.0. The van der Waals surface area contributed by atoms with Gasteiger partial charge in [-0.05, 0) is 64.7 Å². The summed E-state index contributed by atoms with van der Waals surface area (Å²) in [5.74, 6) is 1.34. The average molecular weight is 349 g/mol. The normalized spacial score (nSPS) is 10.2. The lowest BCUT2D eigenvalue weighted by molar-refractivity contribution is -0.116. The summed E-state index contributed by atoms with van der Waals surface area (Å²) >= 11 is 3.44. The fourth-order valence-corrected chi connectivity index (χ4v) is 2.52. The van der Waals surface area contributed by atoms with Gasteiger partial charge in [0.25, 0.3) is 0 Å². The van der Waals surface area contributed by atoms with Gasteiger partial charge in [-0.15, -0.1) is 0 Å². The number of carbonyl (C=O) groups excluding carboxylic acids is 1. The summed E-state index contributed by atoms with van der Waals surface area (Å²) in [6, 6.07) is 9.56. The molecule has 0 bridgehead atoms. The van der Waals surface area contributed by atoms with E-state index in [2.05, 4.69) is 26.2 Å². The molecule has 2 rings (SSSR count). The van der Waals surface area contributed by atoms with E-state index < -0.39 is 0 Å². The van der Waals surface area contributed by atoms with Crippen molar-refractivity contribution in [1.29, 1.82) is 0 Å². The number of anilines is 1. The van der Waals surface area contributed by atoms with Crippen LogP contribution in [0.5, 0.6) is 5.75 Å². The topological polar surface area (TPSA) is 51.2 Å². The molecule has 110 valence electrons. The van der Waals surface area contributed by atoms with E-state index in [1.807, 2.05) is 37.3 Å². The fourth-order valence-electron chi connectivity index (χ4n) is 1.93. The predicted octanol–water partition coefficient (Wildman–Crippen LogP) is 3.73. The zero-order chi connectivity index (χ0) is 15.2. The third-order valence-corrected chi connectivity index (χ3v) is 3.66. The molecule has 0 aliphatic rings. The predicted molar refractivity (Wildman–Crippen MR) is 86.6 cm³/mol. The molecule has 1 amide bonds. The Morgan fingerprint density at radius 3 is 2.81 bits per heavy atom. The fraction of sp³-hybridized carbons (Fsp3) is 0.250. The Balaban J connectivity index is 1.90. The molecular weight excluding hydrogens is 332 g/mol. The average Bonchev–Trinajstić information content (AvgIpc) is 2.45. The molecule has 0 unspecified atom stereocenters. The van der Waals surface area contributed by atoms with E-state index in [-0.39, 0.29) is 5.91 Å². The van der Waals surface area contributed by atoms with E-state index in [1.165, 1.54) is 0 Å². The van der Waals surface area contributed by atoms with Crippen LogP contribution in [0.25, 0.3) is 0 Å². The molecule has 0 spiro atoms. The molecule has 0 aliphatic carbocycles. The van der Waals surface area contributed by atoms with Gasteiger partial charge in [-0.1, -0.05) is 6.07 Å². The Morgan fingerprint density at radius 2 is 2.14 bits per heavy atom. The maximum Gasteiger partial charge on any atom is 0.225 e. The second-order valence-corrected chi connectivity index (χ2v) is 5.59. The van der Waals surface area contributed by atoms with Gasteiger partial charge in [-0.25, -0.2) is 4.98 Å². The SMILES string of the molecule is COc1ccc(CCC(=O)Nc2cc(C)ccn2)cc1Br. The second kappa shape index (κ2) is 7.22. The van der Waals surface area contributed by atoms with Gasteiger partial charge < -0.3 is 10.1 Å². The summed E-state index contributed by atoms with van der Waals surface area (Å²) in [6.45, 7) is 1.96.